The maximum atomic E-state index is 4.69. The monoisotopic (exact) mass is 272 g/mol. The van der Waals surface area contributed by atoms with Crippen LogP contribution in [0.1, 0.15) is 18.7 Å². The van der Waals surface area contributed by atoms with Crippen molar-refractivity contribution in [3.05, 3.63) is 18.0 Å². The van der Waals surface area contributed by atoms with Crippen LogP contribution >= 0.6 is 0 Å². The van der Waals surface area contributed by atoms with Crippen molar-refractivity contribution in [3.8, 4) is 0 Å². The third-order valence-electron chi connectivity index (χ3n) is 4.80. The number of aromatic nitrogens is 4. The number of hydrogen-bond acceptors (Lipinski definition) is 5. The van der Waals surface area contributed by atoms with Crippen LogP contribution in [-0.4, -0.2) is 57.9 Å². The van der Waals surface area contributed by atoms with E-state index < -0.39 is 0 Å². The maximum Gasteiger partial charge on any atom is 0.178 e. The van der Waals surface area contributed by atoms with Crippen LogP contribution in [0.15, 0.2) is 12.1 Å². The van der Waals surface area contributed by atoms with E-state index in [4.69, 9.17) is 5.10 Å². The molecule has 1 unspecified atom stereocenters. The molecule has 106 valence electrons. The fourth-order valence-electron chi connectivity index (χ4n) is 3.68. The average Bonchev–Trinajstić information content (AvgIpc) is 3.12. The Bertz CT molecular complexity index is 650. The Labute approximate surface area is 118 Å². The van der Waals surface area contributed by atoms with Crippen LogP contribution in [0.25, 0.3) is 5.65 Å². The second kappa shape index (κ2) is 4.15. The summed E-state index contributed by atoms with van der Waals surface area (Å²) < 4.78 is 1.83. The summed E-state index contributed by atoms with van der Waals surface area (Å²) in [5.74, 6) is 1.89. The van der Waals surface area contributed by atoms with Gasteiger partial charge in [0.05, 0.1) is 0 Å². The van der Waals surface area contributed by atoms with E-state index in [9.17, 15) is 0 Å². The lowest BCUT2D eigenvalue weighted by atomic mass is 9.86. The zero-order valence-corrected chi connectivity index (χ0v) is 12.1. The molecule has 2 aromatic rings. The summed E-state index contributed by atoms with van der Waals surface area (Å²) in [6.45, 7) is 6.61. The lowest BCUT2D eigenvalue weighted by Gasteiger charge is -2.24. The molecule has 2 aliphatic rings. The normalized spacial score (nSPS) is 27.2. The minimum Gasteiger partial charge on any atom is -0.355 e. The summed E-state index contributed by atoms with van der Waals surface area (Å²) in [5.41, 5.74) is 1.30. The van der Waals surface area contributed by atoms with Gasteiger partial charge < -0.3 is 9.80 Å². The van der Waals surface area contributed by atoms with E-state index in [1.165, 1.54) is 25.9 Å². The summed E-state index contributed by atoms with van der Waals surface area (Å²) in [4.78, 5) is 4.86. The van der Waals surface area contributed by atoms with Gasteiger partial charge in [-0.1, -0.05) is 0 Å². The van der Waals surface area contributed by atoms with Gasteiger partial charge in [-0.2, -0.15) is 4.52 Å². The van der Waals surface area contributed by atoms with Crippen molar-refractivity contribution < 1.29 is 0 Å². The van der Waals surface area contributed by atoms with Gasteiger partial charge in [-0.25, -0.2) is 0 Å². The molecule has 2 aromatic heterocycles. The Morgan fingerprint density at radius 3 is 2.75 bits per heavy atom. The van der Waals surface area contributed by atoms with Crippen LogP contribution in [0.3, 0.4) is 0 Å². The molecule has 0 aliphatic carbocycles. The van der Waals surface area contributed by atoms with E-state index in [0.717, 1.165) is 30.4 Å². The van der Waals surface area contributed by atoms with Crippen LogP contribution in [0.5, 0.6) is 0 Å². The highest BCUT2D eigenvalue weighted by atomic mass is 15.4. The Morgan fingerprint density at radius 1 is 1.10 bits per heavy atom. The fourth-order valence-corrected chi connectivity index (χ4v) is 3.68. The second-order valence-electron chi connectivity index (χ2n) is 6.37. The van der Waals surface area contributed by atoms with Gasteiger partial charge in [-0.05, 0) is 45.5 Å². The number of nitrogens with zero attached hydrogens (tertiary/aromatic N) is 6. The zero-order valence-electron chi connectivity index (χ0n) is 12.1. The second-order valence-corrected chi connectivity index (χ2v) is 6.37. The first-order valence-electron chi connectivity index (χ1n) is 7.28. The smallest absolute Gasteiger partial charge is 0.178 e. The van der Waals surface area contributed by atoms with Crippen molar-refractivity contribution in [1.29, 1.82) is 0 Å². The molecule has 4 rings (SSSR count). The third-order valence-corrected chi connectivity index (χ3v) is 4.80. The number of fused-ring (bicyclic) bond motifs is 1. The summed E-state index contributed by atoms with van der Waals surface area (Å²) in [7, 11) is 2.22. The summed E-state index contributed by atoms with van der Waals surface area (Å²) in [6.07, 6.45) is 2.59. The molecule has 0 radical (unpaired) electrons. The number of anilines is 1. The average molecular weight is 272 g/mol. The van der Waals surface area contributed by atoms with Gasteiger partial charge in [0, 0.05) is 25.0 Å². The van der Waals surface area contributed by atoms with E-state index in [-0.39, 0.29) is 0 Å². The van der Waals surface area contributed by atoms with Gasteiger partial charge in [0.15, 0.2) is 11.5 Å². The highest BCUT2D eigenvalue weighted by Gasteiger charge is 2.42. The largest absolute Gasteiger partial charge is 0.355 e. The van der Waals surface area contributed by atoms with Crippen LogP contribution < -0.4 is 4.90 Å². The quantitative estimate of drug-likeness (QED) is 0.774. The molecule has 2 fully saturated rings. The third kappa shape index (κ3) is 1.78. The summed E-state index contributed by atoms with van der Waals surface area (Å²) in [6, 6.07) is 4.08. The molecule has 2 saturated heterocycles. The Kier molecular flexibility index (Phi) is 2.51. The van der Waals surface area contributed by atoms with Gasteiger partial charge in [0.2, 0.25) is 0 Å². The lowest BCUT2D eigenvalue weighted by molar-refractivity contribution is 0.312. The topological polar surface area (TPSA) is 49.6 Å². The highest BCUT2D eigenvalue weighted by molar-refractivity contribution is 5.46. The van der Waals surface area contributed by atoms with Crippen molar-refractivity contribution in [1.82, 2.24) is 24.7 Å². The van der Waals surface area contributed by atoms with Crippen molar-refractivity contribution >= 4 is 11.5 Å². The molecule has 6 heteroatoms. The number of hydrogen-bond donors (Lipinski definition) is 0. The van der Waals surface area contributed by atoms with Crippen LogP contribution in [-0.2, 0) is 0 Å². The van der Waals surface area contributed by atoms with Gasteiger partial charge in [-0.3, -0.25) is 0 Å². The van der Waals surface area contributed by atoms with E-state index in [1.807, 2.05) is 17.5 Å². The molecule has 0 bridgehead atoms. The first-order valence-corrected chi connectivity index (χ1v) is 7.28. The molecule has 0 aromatic carbocycles. The van der Waals surface area contributed by atoms with Gasteiger partial charge in [0.1, 0.15) is 5.82 Å². The summed E-state index contributed by atoms with van der Waals surface area (Å²) >= 11 is 0. The van der Waals surface area contributed by atoms with Crippen LogP contribution in [0.4, 0.5) is 5.82 Å². The summed E-state index contributed by atoms with van der Waals surface area (Å²) in [5, 5.41) is 12.9. The first-order chi connectivity index (χ1) is 9.65. The minimum atomic E-state index is 0.480. The van der Waals surface area contributed by atoms with E-state index in [2.05, 4.69) is 33.1 Å². The van der Waals surface area contributed by atoms with Crippen molar-refractivity contribution in [2.75, 3.05) is 38.1 Å². The number of aryl methyl sites for hydroxylation is 1. The molecule has 0 amide bonds. The molecule has 0 N–H and O–H groups in total. The molecule has 4 heterocycles. The fraction of sp³-hybridized carbons (Fsp3) is 0.643. The van der Waals surface area contributed by atoms with Crippen molar-refractivity contribution in [2.45, 2.75) is 19.8 Å². The van der Waals surface area contributed by atoms with E-state index >= 15 is 0 Å². The van der Waals surface area contributed by atoms with E-state index in [1.54, 1.807) is 0 Å². The highest BCUT2D eigenvalue weighted by Crippen LogP contribution is 2.40. The standard InChI is InChI=1S/C14H20N6/c1-11-15-16-12-3-4-13(17-20(11)12)19-8-6-14(10-19)5-7-18(2)9-14/h3-4H,5-10H2,1-2H3. The van der Waals surface area contributed by atoms with Crippen molar-refractivity contribution in [3.63, 3.8) is 0 Å². The molecule has 6 nitrogen and oxygen atoms in total. The van der Waals surface area contributed by atoms with Gasteiger partial charge >= 0.3 is 0 Å². The number of rotatable bonds is 1. The first kappa shape index (κ1) is 12.1. The Hall–Kier alpha value is -1.69. The lowest BCUT2D eigenvalue weighted by Crippen LogP contribution is -2.30. The predicted octanol–water partition coefficient (Wildman–Crippen LogP) is 0.965. The van der Waals surface area contributed by atoms with Crippen LogP contribution in [0, 0.1) is 12.3 Å². The number of likely N-dealkylation sites (tertiary alicyclic amines) is 1. The molecule has 2 aliphatic heterocycles. The van der Waals surface area contributed by atoms with Gasteiger partial charge in [0.25, 0.3) is 0 Å². The molecular formula is C14H20N6. The Morgan fingerprint density at radius 2 is 1.95 bits per heavy atom. The molecule has 0 saturated carbocycles. The Balaban J connectivity index is 1.62. The van der Waals surface area contributed by atoms with Crippen LogP contribution in [0.2, 0.25) is 0 Å². The minimum absolute atomic E-state index is 0.480. The molecule has 20 heavy (non-hydrogen) atoms. The molecule has 1 atom stereocenters. The SMILES string of the molecule is Cc1nnc2ccc(N3CCC4(CCN(C)C4)C3)nn12. The zero-order chi connectivity index (χ0) is 13.7. The molecular weight excluding hydrogens is 252 g/mol. The molecule has 1 spiro atoms. The maximum absolute atomic E-state index is 4.69. The van der Waals surface area contributed by atoms with Crippen molar-refractivity contribution in [2.24, 2.45) is 5.41 Å². The predicted molar refractivity (Wildman–Crippen MR) is 76.9 cm³/mol. The van der Waals surface area contributed by atoms with Gasteiger partial charge in [-0.15, -0.1) is 15.3 Å². The van der Waals surface area contributed by atoms with E-state index in [0.29, 0.717) is 5.41 Å².